The van der Waals surface area contributed by atoms with E-state index in [9.17, 15) is 14.4 Å². The van der Waals surface area contributed by atoms with Crippen LogP contribution in [0.5, 0.6) is 0 Å². The first-order chi connectivity index (χ1) is 9.60. The Morgan fingerprint density at radius 1 is 1.30 bits per heavy atom. The lowest BCUT2D eigenvalue weighted by molar-refractivity contribution is -0.136. The topological polar surface area (TPSA) is 78.5 Å². The number of amides is 3. The quantitative estimate of drug-likeness (QED) is 0.456. The second-order valence-corrected chi connectivity index (χ2v) is 5.41. The van der Waals surface area contributed by atoms with E-state index in [4.69, 9.17) is 0 Å². The first-order valence-electron chi connectivity index (χ1n) is 6.24. The van der Waals surface area contributed by atoms with Gasteiger partial charge in [0.15, 0.2) is 0 Å². The molecule has 6 nitrogen and oxygen atoms in total. The number of imide groups is 1. The monoisotopic (exact) mass is 385 g/mol. The van der Waals surface area contributed by atoms with Crippen molar-refractivity contribution in [1.82, 2.24) is 10.2 Å². The van der Waals surface area contributed by atoms with E-state index in [2.05, 4.69) is 8.85 Å². The summed E-state index contributed by atoms with van der Waals surface area (Å²) in [7, 11) is 0. The molecule has 0 radical (unpaired) electrons. The number of nitrogens with one attached hydrogen (secondary N) is 2. The first-order valence-corrected chi connectivity index (χ1v) is 7.32. The number of piperidine rings is 1. The molecule has 0 bridgehead atoms. The van der Waals surface area contributed by atoms with Gasteiger partial charge in [-0.05, 0) is 30.2 Å². The van der Waals surface area contributed by atoms with Crippen molar-refractivity contribution in [3.8, 4) is 0 Å². The zero-order valence-corrected chi connectivity index (χ0v) is 12.6. The Labute approximate surface area is 129 Å². The molecule has 20 heavy (non-hydrogen) atoms. The van der Waals surface area contributed by atoms with Crippen LogP contribution in [0.2, 0.25) is 0 Å². The Kier molecular flexibility index (Phi) is 3.36. The number of fused-ring (bicyclic) bond motifs is 1. The van der Waals surface area contributed by atoms with Gasteiger partial charge in [-0.2, -0.15) is 0 Å². The van der Waals surface area contributed by atoms with Gasteiger partial charge in [0, 0.05) is 24.2 Å². The average molecular weight is 385 g/mol. The van der Waals surface area contributed by atoms with Crippen LogP contribution in [-0.2, 0) is 16.1 Å². The van der Waals surface area contributed by atoms with Crippen LogP contribution >= 0.6 is 22.9 Å². The molecule has 2 aliphatic rings. The molecule has 1 fully saturated rings. The third-order valence-corrected chi connectivity index (χ3v) is 4.26. The Bertz CT molecular complexity index is 617. The molecule has 1 aromatic rings. The lowest BCUT2D eigenvalue weighted by atomic mass is 10.0. The lowest BCUT2D eigenvalue weighted by Crippen LogP contribution is -2.52. The van der Waals surface area contributed by atoms with E-state index in [1.54, 1.807) is 11.0 Å². The summed E-state index contributed by atoms with van der Waals surface area (Å²) in [5.74, 6) is -0.795. The minimum absolute atomic E-state index is 0.144. The number of hydrogen-bond acceptors (Lipinski definition) is 4. The van der Waals surface area contributed by atoms with Crippen LogP contribution in [-0.4, -0.2) is 28.7 Å². The summed E-state index contributed by atoms with van der Waals surface area (Å²) < 4.78 is 3.00. The molecule has 2 aliphatic heterocycles. The number of nitrogens with zero attached hydrogens (tertiary/aromatic N) is 1. The first kappa shape index (κ1) is 13.3. The highest BCUT2D eigenvalue weighted by atomic mass is 127. The third-order valence-electron chi connectivity index (χ3n) is 3.63. The fourth-order valence-electron chi connectivity index (χ4n) is 2.63. The van der Waals surface area contributed by atoms with Crippen LogP contribution in [0.4, 0.5) is 5.69 Å². The molecule has 0 aromatic heterocycles. The highest BCUT2D eigenvalue weighted by molar-refractivity contribution is 14.1. The lowest BCUT2D eigenvalue weighted by Gasteiger charge is -2.29. The molecule has 0 aliphatic carbocycles. The van der Waals surface area contributed by atoms with Crippen molar-refractivity contribution < 1.29 is 14.4 Å². The van der Waals surface area contributed by atoms with Gasteiger partial charge in [-0.25, -0.2) is 0 Å². The van der Waals surface area contributed by atoms with Gasteiger partial charge in [-0.3, -0.25) is 19.7 Å². The van der Waals surface area contributed by atoms with Gasteiger partial charge in [0.2, 0.25) is 11.8 Å². The highest BCUT2D eigenvalue weighted by Gasteiger charge is 2.38. The summed E-state index contributed by atoms with van der Waals surface area (Å²) in [5.41, 5.74) is 2.45. The van der Waals surface area contributed by atoms with E-state index >= 15 is 0 Å². The van der Waals surface area contributed by atoms with Gasteiger partial charge in [-0.1, -0.05) is 0 Å². The van der Waals surface area contributed by atoms with Crippen LogP contribution in [0.3, 0.4) is 0 Å². The summed E-state index contributed by atoms with van der Waals surface area (Å²) in [6, 6.07) is 4.95. The number of benzene rings is 1. The Morgan fingerprint density at radius 3 is 2.80 bits per heavy atom. The molecular weight excluding hydrogens is 373 g/mol. The van der Waals surface area contributed by atoms with Gasteiger partial charge in [0.25, 0.3) is 5.91 Å². The predicted octanol–water partition coefficient (Wildman–Crippen LogP) is 1.21. The SMILES string of the molecule is O=C1CCC(N2Cc3cc(NI)ccc3C2=O)C(=O)N1. The molecule has 1 aromatic carbocycles. The molecule has 2 N–H and O–H groups in total. The summed E-state index contributed by atoms with van der Waals surface area (Å²) in [6.45, 7) is 0.409. The normalized spacial score (nSPS) is 21.8. The zero-order valence-electron chi connectivity index (χ0n) is 10.5. The van der Waals surface area contributed by atoms with E-state index in [1.807, 2.05) is 35.0 Å². The third kappa shape index (κ3) is 2.15. The number of hydrogen-bond donors (Lipinski definition) is 2. The standard InChI is InChI=1S/C13H12IN3O3/c14-16-8-1-2-9-7(5-8)6-17(13(9)20)10-3-4-11(18)15-12(10)19/h1-2,5,10,16H,3-4,6H2,(H,15,18,19). The number of carbonyl (C=O) groups excluding carboxylic acids is 3. The summed E-state index contributed by atoms with van der Waals surface area (Å²) in [5, 5.41) is 2.29. The van der Waals surface area contributed by atoms with Gasteiger partial charge >= 0.3 is 0 Å². The van der Waals surface area contributed by atoms with Crippen molar-refractivity contribution in [2.45, 2.75) is 25.4 Å². The molecular formula is C13H12IN3O3. The van der Waals surface area contributed by atoms with Crippen molar-refractivity contribution in [2.75, 3.05) is 3.53 Å². The second kappa shape index (κ2) is 5.04. The minimum Gasteiger partial charge on any atom is -0.328 e. The van der Waals surface area contributed by atoms with Crippen molar-refractivity contribution in [1.29, 1.82) is 0 Å². The molecule has 7 heteroatoms. The molecule has 0 spiro atoms. The van der Waals surface area contributed by atoms with Gasteiger partial charge in [0.1, 0.15) is 6.04 Å². The van der Waals surface area contributed by atoms with Crippen LogP contribution in [0.1, 0.15) is 28.8 Å². The van der Waals surface area contributed by atoms with Gasteiger partial charge in [0.05, 0.1) is 22.9 Å². The maximum absolute atomic E-state index is 12.4. The van der Waals surface area contributed by atoms with E-state index in [1.165, 1.54) is 0 Å². The molecule has 1 saturated heterocycles. The number of halogens is 1. The Hall–Kier alpha value is -1.64. The molecule has 2 heterocycles. The van der Waals surface area contributed by atoms with E-state index in [-0.39, 0.29) is 24.1 Å². The van der Waals surface area contributed by atoms with Crippen LogP contribution in [0.25, 0.3) is 0 Å². The van der Waals surface area contributed by atoms with E-state index in [0.717, 1.165) is 11.3 Å². The smallest absolute Gasteiger partial charge is 0.255 e. The average Bonchev–Trinajstić information content (AvgIpc) is 2.75. The maximum Gasteiger partial charge on any atom is 0.255 e. The van der Waals surface area contributed by atoms with Crippen molar-refractivity contribution >= 4 is 46.3 Å². The van der Waals surface area contributed by atoms with Crippen molar-refractivity contribution in [2.24, 2.45) is 0 Å². The van der Waals surface area contributed by atoms with Crippen molar-refractivity contribution in [3.63, 3.8) is 0 Å². The summed E-state index contributed by atoms with van der Waals surface area (Å²) >= 11 is 2.03. The van der Waals surface area contributed by atoms with Gasteiger partial charge < -0.3 is 8.43 Å². The molecule has 1 unspecified atom stereocenters. The predicted molar refractivity (Wildman–Crippen MR) is 80.1 cm³/mol. The number of carbonyl (C=O) groups is 3. The van der Waals surface area contributed by atoms with Crippen LogP contribution in [0.15, 0.2) is 18.2 Å². The minimum atomic E-state index is -0.552. The zero-order chi connectivity index (χ0) is 14.3. The molecule has 104 valence electrons. The Balaban J connectivity index is 1.86. The van der Waals surface area contributed by atoms with E-state index < -0.39 is 6.04 Å². The Morgan fingerprint density at radius 2 is 2.10 bits per heavy atom. The van der Waals surface area contributed by atoms with Crippen LogP contribution in [0, 0.1) is 0 Å². The molecule has 0 saturated carbocycles. The number of rotatable bonds is 2. The van der Waals surface area contributed by atoms with Crippen molar-refractivity contribution in [3.05, 3.63) is 29.3 Å². The van der Waals surface area contributed by atoms with E-state index in [0.29, 0.717) is 18.5 Å². The largest absolute Gasteiger partial charge is 0.328 e. The molecule has 3 rings (SSSR count). The van der Waals surface area contributed by atoms with Gasteiger partial charge in [-0.15, -0.1) is 0 Å². The summed E-state index contributed by atoms with van der Waals surface area (Å²) in [4.78, 5) is 37.0. The second-order valence-electron chi connectivity index (χ2n) is 4.87. The fraction of sp³-hybridized carbons (Fsp3) is 0.308. The molecule has 3 amide bonds. The highest BCUT2D eigenvalue weighted by Crippen LogP contribution is 2.29. The fourth-order valence-corrected chi connectivity index (χ4v) is 2.97. The van der Waals surface area contributed by atoms with Crippen LogP contribution < -0.4 is 8.85 Å². The summed E-state index contributed by atoms with van der Waals surface area (Å²) in [6.07, 6.45) is 0.666. The molecule has 1 atom stereocenters. The maximum atomic E-state index is 12.4. The number of anilines is 1.